The van der Waals surface area contributed by atoms with Crippen LogP contribution in [0.1, 0.15) is 36.2 Å². The molecule has 88 valence electrons. The second-order valence-corrected chi connectivity index (χ2v) is 3.24. The molecule has 0 aliphatic rings. The van der Waals surface area contributed by atoms with E-state index in [1.54, 1.807) is 6.92 Å². The van der Waals surface area contributed by atoms with E-state index in [2.05, 4.69) is 0 Å². The molecule has 16 heavy (non-hydrogen) atoms. The number of benzene rings is 1. The first kappa shape index (κ1) is 12.4. The van der Waals surface area contributed by atoms with Crippen LogP contribution in [0.2, 0.25) is 0 Å². The van der Waals surface area contributed by atoms with Crippen molar-refractivity contribution in [2.45, 2.75) is 20.3 Å². The minimum Gasteiger partial charge on any atom is -0.493 e. The van der Waals surface area contributed by atoms with Gasteiger partial charge in [-0.1, -0.05) is 0 Å². The van der Waals surface area contributed by atoms with Crippen LogP contribution < -0.4 is 10.5 Å². The lowest BCUT2D eigenvalue weighted by atomic mass is 10.0. The predicted molar refractivity (Wildman–Crippen MR) is 57.0 cm³/mol. The van der Waals surface area contributed by atoms with E-state index in [1.165, 1.54) is 19.1 Å². The lowest BCUT2D eigenvalue weighted by molar-refractivity contribution is 0.101. The van der Waals surface area contributed by atoms with Crippen LogP contribution in [0.5, 0.6) is 5.75 Å². The smallest absolute Gasteiger partial charge is 0.267 e. The van der Waals surface area contributed by atoms with E-state index in [0.717, 1.165) is 0 Å². The highest BCUT2D eigenvalue weighted by atomic mass is 19.3. The Morgan fingerprint density at radius 2 is 2.12 bits per heavy atom. The molecule has 0 aliphatic carbocycles. The van der Waals surface area contributed by atoms with Crippen molar-refractivity contribution in [1.29, 1.82) is 0 Å². The molecule has 0 bridgehead atoms. The molecule has 0 unspecified atom stereocenters. The predicted octanol–water partition coefficient (Wildman–Crippen LogP) is 2.81. The van der Waals surface area contributed by atoms with Crippen molar-refractivity contribution in [3.63, 3.8) is 0 Å². The molecule has 0 aliphatic heterocycles. The standard InChI is InChI=1S/C11H13F2NO2/c1-3-16-10-7(11(12)13)4-5-8(14)9(10)6(2)15/h4-5,11H,3,14H2,1-2H3. The van der Waals surface area contributed by atoms with Crippen molar-refractivity contribution in [3.05, 3.63) is 23.3 Å². The minimum absolute atomic E-state index is 0.0275. The van der Waals surface area contributed by atoms with Crippen molar-refractivity contribution in [3.8, 4) is 5.75 Å². The molecule has 1 aromatic carbocycles. The third kappa shape index (κ3) is 2.29. The van der Waals surface area contributed by atoms with Gasteiger partial charge < -0.3 is 10.5 Å². The molecule has 0 atom stereocenters. The molecule has 0 radical (unpaired) electrons. The number of nitrogens with two attached hydrogens (primary N) is 1. The van der Waals surface area contributed by atoms with Crippen molar-refractivity contribution in [2.75, 3.05) is 12.3 Å². The Morgan fingerprint density at radius 1 is 1.50 bits per heavy atom. The molecule has 0 heterocycles. The molecular weight excluding hydrogens is 216 g/mol. The first-order chi connectivity index (χ1) is 7.49. The minimum atomic E-state index is -2.69. The maximum absolute atomic E-state index is 12.7. The molecule has 1 aromatic rings. The summed E-state index contributed by atoms with van der Waals surface area (Å²) in [6.45, 7) is 3.12. The Balaban J connectivity index is 3.43. The molecule has 3 nitrogen and oxygen atoms in total. The van der Waals surface area contributed by atoms with E-state index in [9.17, 15) is 13.6 Å². The van der Waals surface area contributed by atoms with Gasteiger partial charge in [0.25, 0.3) is 6.43 Å². The zero-order chi connectivity index (χ0) is 12.3. The van der Waals surface area contributed by atoms with E-state index >= 15 is 0 Å². The largest absolute Gasteiger partial charge is 0.493 e. The molecule has 0 saturated carbocycles. The number of ketones is 1. The van der Waals surface area contributed by atoms with E-state index in [0.29, 0.717) is 0 Å². The Kier molecular flexibility index (Phi) is 3.82. The molecule has 0 amide bonds. The third-order valence-electron chi connectivity index (χ3n) is 2.10. The maximum atomic E-state index is 12.7. The van der Waals surface area contributed by atoms with Crippen LogP contribution in [0, 0.1) is 0 Å². The van der Waals surface area contributed by atoms with Crippen molar-refractivity contribution >= 4 is 11.5 Å². The lowest BCUT2D eigenvalue weighted by Crippen LogP contribution is -2.08. The average Bonchev–Trinajstić information content (AvgIpc) is 2.17. The molecule has 0 fully saturated rings. The topological polar surface area (TPSA) is 52.3 Å². The van der Waals surface area contributed by atoms with Crippen LogP contribution in [0.4, 0.5) is 14.5 Å². The fraction of sp³-hybridized carbons (Fsp3) is 0.364. The number of carbonyl (C=O) groups is 1. The highest BCUT2D eigenvalue weighted by Gasteiger charge is 2.21. The summed E-state index contributed by atoms with van der Waals surface area (Å²) < 4.78 is 30.5. The van der Waals surface area contributed by atoms with Crippen LogP contribution >= 0.6 is 0 Å². The Labute approximate surface area is 92.2 Å². The van der Waals surface area contributed by atoms with Gasteiger partial charge in [0.1, 0.15) is 5.75 Å². The first-order valence-electron chi connectivity index (χ1n) is 4.83. The van der Waals surface area contributed by atoms with Gasteiger partial charge in [0, 0.05) is 5.69 Å². The van der Waals surface area contributed by atoms with Crippen LogP contribution in [-0.2, 0) is 0 Å². The number of nitrogen functional groups attached to an aromatic ring is 1. The summed E-state index contributed by atoms with van der Waals surface area (Å²) >= 11 is 0. The van der Waals surface area contributed by atoms with Crippen molar-refractivity contribution in [1.82, 2.24) is 0 Å². The number of anilines is 1. The quantitative estimate of drug-likeness (QED) is 0.638. The number of rotatable bonds is 4. The first-order valence-corrected chi connectivity index (χ1v) is 4.83. The summed E-state index contributed by atoms with van der Waals surface area (Å²) in [5, 5.41) is 0. The fourth-order valence-electron chi connectivity index (χ4n) is 1.45. The number of Topliss-reactive ketones (excluding diaryl/α,β-unsaturated/α-hetero) is 1. The van der Waals surface area contributed by atoms with Gasteiger partial charge in [-0.2, -0.15) is 0 Å². The van der Waals surface area contributed by atoms with Gasteiger partial charge in [-0.25, -0.2) is 8.78 Å². The van der Waals surface area contributed by atoms with Crippen molar-refractivity contribution < 1.29 is 18.3 Å². The van der Waals surface area contributed by atoms with Gasteiger partial charge in [-0.15, -0.1) is 0 Å². The number of carbonyl (C=O) groups excluding carboxylic acids is 1. The van der Waals surface area contributed by atoms with Crippen LogP contribution in [0.3, 0.4) is 0 Å². The number of hydrogen-bond acceptors (Lipinski definition) is 3. The monoisotopic (exact) mass is 229 g/mol. The van der Waals surface area contributed by atoms with Crippen LogP contribution in [-0.4, -0.2) is 12.4 Å². The molecule has 5 heteroatoms. The second-order valence-electron chi connectivity index (χ2n) is 3.24. The van der Waals surface area contributed by atoms with Crippen molar-refractivity contribution in [2.24, 2.45) is 0 Å². The van der Waals surface area contributed by atoms with E-state index < -0.39 is 6.43 Å². The molecule has 0 saturated heterocycles. The average molecular weight is 229 g/mol. The number of hydrogen-bond donors (Lipinski definition) is 1. The van der Waals surface area contributed by atoms with Gasteiger partial charge >= 0.3 is 0 Å². The summed E-state index contributed by atoms with van der Waals surface area (Å²) in [6.07, 6.45) is -2.69. The van der Waals surface area contributed by atoms with Crippen LogP contribution in [0.25, 0.3) is 0 Å². The van der Waals surface area contributed by atoms with E-state index in [4.69, 9.17) is 10.5 Å². The summed E-state index contributed by atoms with van der Waals surface area (Å²) in [5.74, 6) is -0.492. The summed E-state index contributed by atoms with van der Waals surface area (Å²) in [5.41, 5.74) is 5.45. The van der Waals surface area contributed by atoms with Gasteiger partial charge in [-0.3, -0.25) is 4.79 Å². The lowest BCUT2D eigenvalue weighted by Gasteiger charge is -2.14. The molecule has 2 N–H and O–H groups in total. The molecule has 1 rings (SSSR count). The molecule has 0 aromatic heterocycles. The maximum Gasteiger partial charge on any atom is 0.267 e. The third-order valence-corrected chi connectivity index (χ3v) is 2.10. The highest BCUT2D eigenvalue weighted by Crippen LogP contribution is 2.35. The van der Waals surface area contributed by atoms with Gasteiger partial charge in [0.15, 0.2) is 5.78 Å². The Hall–Kier alpha value is -1.65. The number of halogens is 2. The Morgan fingerprint density at radius 3 is 2.56 bits per heavy atom. The van der Waals surface area contributed by atoms with Gasteiger partial charge in [-0.05, 0) is 26.0 Å². The Bertz CT molecular complexity index is 405. The molecule has 0 spiro atoms. The fourth-order valence-corrected chi connectivity index (χ4v) is 1.45. The zero-order valence-corrected chi connectivity index (χ0v) is 9.09. The number of alkyl halides is 2. The normalized spacial score (nSPS) is 10.6. The van der Waals surface area contributed by atoms with Gasteiger partial charge in [0.05, 0.1) is 17.7 Å². The van der Waals surface area contributed by atoms with Crippen LogP contribution in [0.15, 0.2) is 12.1 Å². The number of ether oxygens (including phenoxy) is 1. The second kappa shape index (κ2) is 4.92. The molecular formula is C11H13F2NO2. The zero-order valence-electron chi connectivity index (χ0n) is 9.09. The highest BCUT2D eigenvalue weighted by molar-refractivity contribution is 6.02. The summed E-state index contributed by atoms with van der Waals surface area (Å²) in [4.78, 5) is 11.3. The summed E-state index contributed by atoms with van der Waals surface area (Å²) in [6, 6.07) is 2.47. The van der Waals surface area contributed by atoms with E-state index in [-0.39, 0.29) is 35.0 Å². The SMILES string of the molecule is CCOc1c(C(F)F)ccc(N)c1C(C)=O. The van der Waals surface area contributed by atoms with Gasteiger partial charge in [0.2, 0.25) is 0 Å². The summed E-state index contributed by atoms with van der Waals surface area (Å²) in [7, 11) is 0. The van der Waals surface area contributed by atoms with E-state index in [1.807, 2.05) is 0 Å².